The average molecular weight is 377 g/mol. The lowest BCUT2D eigenvalue weighted by atomic mass is 9.88. The third-order valence-corrected chi connectivity index (χ3v) is 7.02. The Morgan fingerprint density at radius 1 is 1.18 bits per heavy atom. The lowest BCUT2D eigenvalue weighted by Crippen LogP contribution is -2.40. The minimum Gasteiger partial charge on any atom is -0.345 e. The van der Waals surface area contributed by atoms with E-state index in [1.807, 2.05) is 54.2 Å². The predicted octanol–water partition coefficient (Wildman–Crippen LogP) is 3.44. The molecule has 28 heavy (non-hydrogen) atoms. The van der Waals surface area contributed by atoms with Gasteiger partial charge in [-0.3, -0.25) is 14.6 Å². The first-order chi connectivity index (χ1) is 13.5. The molecule has 1 aromatic carbocycles. The number of piperidine rings is 1. The molecule has 0 N–H and O–H groups in total. The summed E-state index contributed by atoms with van der Waals surface area (Å²) >= 11 is 0. The van der Waals surface area contributed by atoms with Crippen LogP contribution in [0, 0.1) is 11.8 Å². The summed E-state index contributed by atoms with van der Waals surface area (Å²) in [5, 5.41) is 0.939. The molecular weight excluding hydrogens is 350 g/mol. The molecule has 3 fully saturated rings. The van der Waals surface area contributed by atoms with Crippen molar-refractivity contribution in [3.63, 3.8) is 0 Å². The van der Waals surface area contributed by atoms with E-state index in [-0.39, 0.29) is 17.9 Å². The van der Waals surface area contributed by atoms with Crippen molar-refractivity contribution in [2.75, 3.05) is 20.6 Å². The first kappa shape index (κ1) is 17.7. The number of para-hydroxylation sites is 1. The number of rotatable bonds is 3. The number of carbonyl (C=O) groups excluding carboxylic acids is 2. The molecule has 2 aliphatic carbocycles. The summed E-state index contributed by atoms with van der Waals surface area (Å²) in [5.41, 5.74) is 2.75. The molecule has 2 aromatic rings. The highest BCUT2D eigenvalue weighted by Gasteiger charge is 2.42. The maximum absolute atomic E-state index is 13.5. The van der Waals surface area contributed by atoms with Crippen LogP contribution in [0.2, 0.25) is 0 Å². The van der Waals surface area contributed by atoms with Crippen LogP contribution in [-0.2, 0) is 4.79 Å². The number of nitrogens with zero attached hydrogens (tertiary/aromatic N) is 3. The third kappa shape index (κ3) is 2.97. The van der Waals surface area contributed by atoms with Crippen LogP contribution in [0.15, 0.2) is 30.3 Å². The predicted molar refractivity (Wildman–Crippen MR) is 108 cm³/mol. The zero-order valence-electron chi connectivity index (χ0n) is 16.6. The third-order valence-electron chi connectivity index (χ3n) is 7.02. The number of amides is 2. The van der Waals surface area contributed by atoms with E-state index in [2.05, 4.69) is 0 Å². The molecular formula is C23H27N3O2. The number of likely N-dealkylation sites (tertiary alicyclic amines) is 1. The van der Waals surface area contributed by atoms with E-state index in [0.717, 1.165) is 41.5 Å². The quantitative estimate of drug-likeness (QED) is 0.823. The monoisotopic (exact) mass is 377 g/mol. The van der Waals surface area contributed by atoms with Gasteiger partial charge in [0.15, 0.2) is 0 Å². The van der Waals surface area contributed by atoms with Gasteiger partial charge in [0.25, 0.3) is 5.91 Å². The molecule has 2 saturated carbocycles. The van der Waals surface area contributed by atoms with Crippen LogP contribution < -0.4 is 0 Å². The van der Waals surface area contributed by atoms with E-state index < -0.39 is 0 Å². The highest BCUT2D eigenvalue weighted by molar-refractivity contribution is 6.06. The first-order valence-corrected chi connectivity index (χ1v) is 10.4. The molecule has 5 nitrogen and oxygen atoms in total. The molecule has 2 heterocycles. The van der Waals surface area contributed by atoms with Crippen LogP contribution >= 0.6 is 0 Å². The van der Waals surface area contributed by atoms with Gasteiger partial charge in [-0.25, -0.2) is 0 Å². The summed E-state index contributed by atoms with van der Waals surface area (Å²) in [4.78, 5) is 34.1. The maximum Gasteiger partial charge on any atom is 0.254 e. The Labute approximate surface area is 165 Å². The number of carbonyl (C=O) groups is 2. The maximum atomic E-state index is 13.5. The Bertz CT molecular complexity index is 952. The topological polar surface area (TPSA) is 53.5 Å². The number of pyridine rings is 1. The molecule has 3 aliphatic rings. The second-order valence-corrected chi connectivity index (χ2v) is 8.93. The van der Waals surface area contributed by atoms with Gasteiger partial charge in [-0.1, -0.05) is 18.2 Å². The van der Waals surface area contributed by atoms with Crippen LogP contribution in [0.5, 0.6) is 0 Å². The summed E-state index contributed by atoms with van der Waals surface area (Å²) in [6, 6.07) is 10.2. The smallest absolute Gasteiger partial charge is 0.254 e. The average Bonchev–Trinajstić information content (AvgIpc) is 3.47. The largest absolute Gasteiger partial charge is 0.345 e. The number of fused-ring (bicyclic) bond motifs is 2. The Morgan fingerprint density at radius 2 is 1.93 bits per heavy atom. The van der Waals surface area contributed by atoms with Gasteiger partial charge in [0, 0.05) is 50.1 Å². The van der Waals surface area contributed by atoms with Gasteiger partial charge in [0.1, 0.15) is 0 Å². The van der Waals surface area contributed by atoms with Gasteiger partial charge in [-0.15, -0.1) is 0 Å². The fourth-order valence-electron chi connectivity index (χ4n) is 5.12. The molecule has 1 aromatic heterocycles. The molecule has 1 saturated heterocycles. The lowest BCUT2D eigenvalue weighted by Gasteiger charge is -2.31. The second kappa shape index (κ2) is 6.57. The molecule has 5 rings (SSSR count). The molecule has 0 radical (unpaired) electrons. The first-order valence-electron chi connectivity index (χ1n) is 10.4. The Kier molecular flexibility index (Phi) is 4.14. The van der Waals surface area contributed by atoms with Crippen molar-refractivity contribution in [1.82, 2.24) is 14.8 Å². The molecule has 0 spiro atoms. The van der Waals surface area contributed by atoms with Crippen molar-refractivity contribution in [2.24, 2.45) is 11.8 Å². The highest BCUT2D eigenvalue weighted by atomic mass is 16.2. The zero-order chi connectivity index (χ0) is 19.4. The Balaban J connectivity index is 1.43. The van der Waals surface area contributed by atoms with Crippen LogP contribution in [0.1, 0.15) is 54.1 Å². The summed E-state index contributed by atoms with van der Waals surface area (Å²) < 4.78 is 0. The van der Waals surface area contributed by atoms with Gasteiger partial charge < -0.3 is 9.80 Å². The highest BCUT2D eigenvalue weighted by Crippen LogP contribution is 2.42. The lowest BCUT2D eigenvalue weighted by molar-refractivity contribution is -0.134. The standard InChI is InChI=1S/C23H27N3O2/c1-25-13-16-10-17(9-15(16)11-22(25)27)26(2)23(28)19-12-21(14-7-8-14)24-20-6-4-3-5-18(19)20/h3-6,12,14-17H,7-11,13H2,1-2H3/t15-,16+,17-/m0/s1. The van der Waals surface area contributed by atoms with E-state index in [9.17, 15) is 9.59 Å². The minimum atomic E-state index is 0.0869. The molecule has 0 bridgehead atoms. The summed E-state index contributed by atoms with van der Waals surface area (Å²) in [7, 11) is 3.82. The van der Waals surface area contributed by atoms with Crippen LogP contribution in [0.3, 0.4) is 0 Å². The van der Waals surface area contributed by atoms with Gasteiger partial charge >= 0.3 is 0 Å². The fraction of sp³-hybridized carbons (Fsp3) is 0.522. The van der Waals surface area contributed by atoms with Gasteiger partial charge in [0.05, 0.1) is 11.1 Å². The van der Waals surface area contributed by atoms with Crippen LogP contribution in [-0.4, -0.2) is 53.3 Å². The van der Waals surface area contributed by atoms with Crippen molar-refractivity contribution in [2.45, 2.75) is 44.1 Å². The fourth-order valence-corrected chi connectivity index (χ4v) is 5.12. The molecule has 1 aliphatic heterocycles. The summed E-state index contributed by atoms with van der Waals surface area (Å²) in [6.07, 6.45) is 4.89. The minimum absolute atomic E-state index is 0.0869. The number of aromatic nitrogens is 1. The number of hydrogen-bond acceptors (Lipinski definition) is 3. The SMILES string of the molecule is CN1C[C@H]2C[C@@H](N(C)C(=O)c3cc(C4CC4)nc4ccccc34)C[C@H]2CC1=O. The normalized spacial score (nSPS) is 27.1. The Hall–Kier alpha value is -2.43. The zero-order valence-corrected chi connectivity index (χ0v) is 16.6. The van der Waals surface area contributed by atoms with Crippen molar-refractivity contribution in [3.05, 3.63) is 41.6 Å². The second-order valence-electron chi connectivity index (χ2n) is 8.93. The Morgan fingerprint density at radius 3 is 2.71 bits per heavy atom. The summed E-state index contributed by atoms with van der Waals surface area (Å²) in [5.74, 6) is 1.77. The number of hydrogen-bond donors (Lipinski definition) is 0. The van der Waals surface area contributed by atoms with Crippen molar-refractivity contribution < 1.29 is 9.59 Å². The van der Waals surface area contributed by atoms with E-state index in [0.29, 0.717) is 24.2 Å². The van der Waals surface area contributed by atoms with Crippen molar-refractivity contribution in [3.8, 4) is 0 Å². The molecule has 5 heteroatoms. The number of benzene rings is 1. The summed E-state index contributed by atoms with van der Waals surface area (Å²) in [6.45, 7) is 0.825. The van der Waals surface area contributed by atoms with Crippen LogP contribution in [0.25, 0.3) is 10.9 Å². The molecule has 2 amide bonds. The molecule has 0 unspecified atom stereocenters. The van der Waals surface area contributed by atoms with Crippen LogP contribution in [0.4, 0.5) is 0 Å². The van der Waals surface area contributed by atoms with Crippen molar-refractivity contribution in [1.29, 1.82) is 0 Å². The van der Waals surface area contributed by atoms with E-state index in [4.69, 9.17) is 4.98 Å². The van der Waals surface area contributed by atoms with Gasteiger partial charge in [0.2, 0.25) is 5.91 Å². The van der Waals surface area contributed by atoms with E-state index in [1.165, 1.54) is 12.8 Å². The van der Waals surface area contributed by atoms with E-state index in [1.54, 1.807) is 0 Å². The molecule has 3 atom stereocenters. The van der Waals surface area contributed by atoms with Gasteiger partial charge in [-0.05, 0) is 49.7 Å². The van der Waals surface area contributed by atoms with E-state index >= 15 is 0 Å². The van der Waals surface area contributed by atoms with Crippen molar-refractivity contribution >= 4 is 22.7 Å². The molecule has 146 valence electrons. The van der Waals surface area contributed by atoms with Gasteiger partial charge in [-0.2, -0.15) is 0 Å².